The van der Waals surface area contributed by atoms with Gasteiger partial charge in [-0.2, -0.15) is 9.97 Å². The molecule has 2 aromatic heterocycles. The Bertz CT molecular complexity index is 3070. The number of carbonyl (C=O) groups is 3. The van der Waals surface area contributed by atoms with Gasteiger partial charge in [-0.3, -0.25) is 19.3 Å². The number of rotatable bonds is 18. The van der Waals surface area contributed by atoms with E-state index < -0.39 is 41.2 Å². The van der Waals surface area contributed by atoms with Crippen LogP contribution in [0.3, 0.4) is 0 Å². The molecule has 4 aromatic carbocycles. The molecule has 3 aliphatic rings. The van der Waals surface area contributed by atoms with Crippen molar-refractivity contribution in [3.05, 3.63) is 94.3 Å². The second-order valence-corrected chi connectivity index (χ2v) is 22.7. The largest absolute Gasteiger partial charge is 0.508 e. The number of amides is 3. The molecule has 20 heteroatoms. The predicted octanol–water partition coefficient (Wildman–Crippen LogP) is 7.42. The fraction of sp³-hybridized carbons (Fsp3) is 0.474. The molecule has 410 valence electrons. The molecule has 5 atom stereocenters. The number of β-amino-alcohol motifs (C(OH)–C–C–N with tert-alkyl or cyclic N) is 1. The average Bonchev–Trinajstić information content (AvgIpc) is 4.05. The standard InChI is InChI=1S/C57H69ClFN9O8S/c1-33(76-56-64-50-44(53(65-56)67-21-17-60-18-22-67)28-45(58)48(49(50)59)43-26-39(69)25-38-9-7-8-10-42(38)43)29-66-19-15-41(16-20-66)75-24-23-74-31-47(71)63-52(57(4,5)6)55(73)68-30-40(70)27-46(68)54(72)62-34(2)36-11-13-37(14-12-36)51-35(3)61-32-77-51/h7-14,25-26,28,32-34,40-41,46,52,60,69-70H,15-24,27,29-31H2,1-6H3,(H,62,72)(H,63,71)/t33?,34?,40-,46+,52?/m1/s1. The lowest BCUT2D eigenvalue weighted by atomic mass is 9.85. The number of aromatic nitrogens is 3. The first kappa shape index (κ1) is 55.7. The highest BCUT2D eigenvalue weighted by molar-refractivity contribution is 7.13. The molecule has 3 saturated heterocycles. The summed E-state index contributed by atoms with van der Waals surface area (Å²) in [5.74, 6) is -1.40. The summed E-state index contributed by atoms with van der Waals surface area (Å²) in [5, 5.41) is 32.7. The van der Waals surface area contributed by atoms with Crippen LogP contribution in [0.15, 0.2) is 72.2 Å². The number of aryl methyl sites for hydroxylation is 1. The minimum absolute atomic E-state index is 0.00625. The van der Waals surface area contributed by atoms with E-state index in [9.17, 15) is 24.6 Å². The normalized spacial score (nSPS) is 18.9. The first-order valence-electron chi connectivity index (χ1n) is 26.5. The van der Waals surface area contributed by atoms with Crippen LogP contribution < -0.4 is 25.6 Å². The number of aliphatic hydroxyl groups excluding tert-OH is 1. The minimum Gasteiger partial charge on any atom is -0.508 e. The zero-order valence-corrected chi connectivity index (χ0v) is 46.1. The summed E-state index contributed by atoms with van der Waals surface area (Å²) in [5.41, 5.74) is 4.66. The molecule has 0 aliphatic carbocycles. The van der Waals surface area contributed by atoms with Crippen LogP contribution in [-0.4, -0.2) is 155 Å². The number of aromatic hydroxyl groups is 1. The lowest BCUT2D eigenvalue weighted by Crippen LogP contribution is -2.58. The van der Waals surface area contributed by atoms with Gasteiger partial charge in [0.2, 0.25) is 17.7 Å². The van der Waals surface area contributed by atoms with Gasteiger partial charge in [0.05, 0.1) is 52.6 Å². The van der Waals surface area contributed by atoms with E-state index in [0.29, 0.717) is 36.4 Å². The van der Waals surface area contributed by atoms with Gasteiger partial charge in [-0.15, -0.1) is 11.3 Å². The van der Waals surface area contributed by atoms with Crippen molar-refractivity contribution in [2.24, 2.45) is 5.41 Å². The van der Waals surface area contributed by atoms with Crippen LogP contribution >= 0.6 is 22.9 Å². The Balaban J connectivity index is 0.739. The maximum absolute atomic E-state index is 17.0. The summed E-state index contributed by atoms with van der Waals surface area (Å²) in [4.78, 5) is 61.9. The number of benzene rings is 4. The number of fused-ring (bicyclic) bond motifs is 2. The lowest BCUT2D eigenvalue weighted by Gasteiger charge is -2.35. The predicted molar refractivity (Wildman–Crippen MR) is 297 cm³/mol. The van der Waals surface area contributed by atoms with Crippen molar-refractivity contribution in [1.82, 2.24) is 40.7 Å². The number of hydrogen-bond acceptors (Lipinski definition) is 15. The Hall–Kier alpha value is -6.06. The van der Waals surface area contributed by atoms with E-state index >= 15 is 4.39 Å². The SMILES string of the molecule is Cc1ncsc1-c1ccc(C(C)NC(=O)[C@@H]2C[C@@H](O)CN2C(=O)C(NC(=O)COCCOC2CCN(CC(C)Oc3nc(N4CCNCC4)c4cc(Cl)c(-c5cc(O)cc6ccccc56)c(F)c4n3)CC2)C(C)(C)C)cc1. The summed E-state index contributed by atoms with van der Waals surface area (Å²) in [6, 6.07) is 18.0. The molecule has 3 unspecified atom stereocenters. The molecule has 3 amide bonds. The third-order valence-corrected chi connectivity index (χ3v) is 15.9. The first-order chi connectivity index (χ1) is 36.9. The van der Waals surface area contributed by atoms with Gasteiger partial charge in [-0.1, -0.05) is 80.9 Å². The Kier molecular flexibility index (Phi) is 17.6. The third kappa shape index (κ3) is 13.1. The van der Waals surface area contributed by atoms with Crippen molar-refractivity contribution in [1.29, 1.82) is 0 Å². The number of carbonyl (C=O) groups excluding carboxylic acids is 3. The van der Waals surface area contributed by atoms with Crippen molar-refractivity contribution in [2.75, 3.05) is 77.1 Å². The van der Waals surface area contributed by atoms with Crippen LogP contribution in [0.1, 0.15) is 71.2 Å². The molecule has 0 saturated carbocycles. The quantitative estimate of drug-likeness (QED) is 0.0532. The Morgan fingerprint density at radius 3 is 2.42 bits per heavy atom. The Labute approximate surface area is 457 Å². The van der Waals surface area contributed by atoms with Crippen LogP contribution in [0, 0.1) is 18.2 Å². The fourth-order valence-electron chi connectivity index (χ4n) is 10.6. The lowest BCUT2D eigenvalue weighted by molar-refractivity contribution is -0.144. The van der Waals surface area contributed by atoms with Crippen molar-refractivity contribution in [2.45, 2.75) is 97.2 Å². The van der Waals surface area contributed by atoms with Crippen molar-refractivity contribution in [3.8, 4) is 33.3 Å². The molecule has 6 aromatic rings. The number of halogens is 2. The van der Waals surface area contributed by atoms with E-state index in [1.807, 2.05) is 95.6 Å². The second-order valence-electron chi connectivity index (χ2n) is 21.5. The van der Waals surface area contributed by atoms with Gasteiger partial charge in [0, 0.05) is 69.7 Å². The van der Waals surface area contributed by atoms with E-state index in [1.165, 1.54) is 11.0 Å². The Morgan fingerprint density at radius 2 is 1.70 bits per heavy atom. The summed E-state index contributed by atoms with van der Waals surface area (Å²) >= 11 is 8.47. The zero-order chi connectivity index (χ0) is 54.5. The van der Waals surface area contributed by atoms with Gasteiger partial charge in [0.15, 0.2) is 5.82 Å². The highest BCUT2D eigenvalue weighted by atomic mass is 35.5. The van der Waals surface area contributed by atoms with Crippen molar-refractivity contribution >= 4 is 68.2 Å². The average molecular weight is 1090 g/mol. The van der Waals surface area contributed by atoms with E-state index in [4.69, 9.17) is 30.8 Å². The number of thiazole rings is 1. The fourth-order valence-corrected chi connectivity index (χ4v) is 11.7. The molecule has 3 aliphatic heterocycles. The summed E-state index contributed by atoms with van der Waals surface area (Å²) in [6.45, 7) is 16.3. The number of nitrogens with zero attached hydrogens (tertiary/aromatic N) is 6. The molecular weight excluding hydrogens is 1030 g/mol. The molecule has 3 fully saturated rings. The zero-order valence-electron chi connectivity index (χ0n) is 44.5. The van der Waals surface area contributed by atoms with E-state index in [0.717, 1.165) is 71.5 Å². The van der Waals surface area contributed by atoms with Gasteiger partial charge < -0.3 is 50.2 Å². The number of piperazine rings is 1. The molecule has 9 rings (SSSR count). The number of nitrogens with one attached hydrogen (secondary N) is 3. The van der Waals surface area contributed by atoms with Gasteiger partial charge >= 0.3 is 6.01 Å². The number of likely N-dealkylation sites (tertiary alicyclic amines) is 2. The van der Waals surface area contributed by atoms with Gasteiger partial charge in [0.25, 0.3) is 0 Å². The molecule has 77 heavy (non-hydrogen) atoms. The maximum atomic E-state index is 17.0. The van der Waals surface area contributed by atoms with Crippen LogP contribution in [0.2, 0.25) is 5.02 Å². The smallest absolute Gasteiger partial charge is 0.319 e. The summed E-state index contributed by atoms with van der Waals surface area (Å²) < 4.78 is 35.2. The molecule has 5 heterocycles. The van der Waals surface area contributed by atoms with Crippen LogP contribution in [0.5, 0.6) is 11.8 Å². The monoisotopic (exact) mass is 1090 g/mol. The number of ether oxygens (including phenoxy) is 3. The number of piperidine rings is 1. The van der Waals surface area contributed by atoms with Gasteiger partial charge in [-0.25, -0.2) is 9.37 Å². The minimum atomic E-state index is -0.988. The third-order valence-electron chi connectivity index (χ3n) is 14.6. The number of phenolic OH excluding ortho intramolecular Hbond substituents is 1. The first-order valence-corrected chi connectivity index (χ1v) is 27.7. The molecular formula is C57H69ClFN9O8S. The molecule has 0 radical (unpaired) electrons. The summed E-state index contributed by atoms with van der Waals surface area (Å²) in [7, 11) is 0. The van der Waals surface area contributed by atoms with Crippen LogP contribution in [0.4, 0.5) is 10.2 Å². The van der Waals surface area contributed by atoms with Crippen LogP contribution in [-0.2, 0) is 23.9 Å². The Morgan fingerprint density at radius 1 is 0.961 bits per heavy atom. The number of hydrogen-bond donors (Lipinski definition) is 5. The van der Waals surface area contributed by atoms with Gasteiger partial charge in [0.1, 0.15) is 41.9 Å². The molecule has 0 spiro atoms. The van der Waals surface area contributed by atoms with E-state index in [-0.39, 0.29) is 84.8 Å². The van der Waals surface area contributed by atoms with E-state index in [2.05, 4.69) is 35.7 Å². The number of aliphatic hydroxyl groups is 1. The topological polar surface area (TPSA) is 204 Å². The molecule has 5 N–H and O–H groups in total. The number of phenols is 1. The maximum Gasteiger partial charge on any atom is 0.319 e. The van der Waals surface area contributed by atoms with Crippen molar-refractivity contribution < 1.29 is 43.2 Å². The van der Waals surface area contributed by atoms with Crippen LogP contribution in [0.25, 0.3) is 43.2 Å². The summed E-state index contributed by atoms with van der Waals surface area (Å²) in [6.07, 6.45) is 0.371. The molecule has 17 nitrogen and oxygen atoms in total. The van der Waals surface area contributed by atoms with Gasteiger partial charge in [-0.05, 0) is 84.7 Å². The highest BCUT2D eigenvalue weighted by Crippen LogP contribution is 2.43. The number of anilines is 1. The van der Waals surface area contributed by atoms with Crippen molar-refractivity contribution in [3.63, 3.8) is 0 Å². The van der Waals surface area contributed by atoms with E-state index in [1.54, 1.807) is 23.5 Å². The molecule has 0 bridgehead atoms. The second kappa shape index (κ2) is 24.3. The highest BCUT2D eigenvalue weighted by Gasteiger charge is 2.45.